The minimum atomic E-state index is -0.372. The summed E-state index contributed by atoms with van der Waals surface area (Å²) in [7, 11) is 3.91. The topological polar surface area (TPSA) is 53.0 Å². The summed E-state index contributed by atoms with van der Waals surface area (Å²) in [6.45, 7) is 1.77. The molecule has 0 aromatic heterocycles. The van der Waals surface area contributed by atoms with E-state index in [1.165, 1.54) is 22.3 Å². The van der Waals surface area contributed by atoms with E-state index >= 15 is 0 Å². The number of fused-ring (bicyclic) bond motifs is 3. The van der Waals surface area contributed by atoms with Crippen molar-refractivity contribution in [3.05, 3.63) is 59.7 Å². The quantitative estimate of drug-likeness (QED) is 0.831. The lowest BCUT2D eigenvalue weighted by Gasteiger charge is -2.24. The molecule has 1 aliphatic rings. The summed E-state index contributed by atoms with van der Waals surface area (Å²) in [6, 6.07) is 16.6. The maximum Gasteiger partial charge on any atom is 0.409 e. The smallest absolute Gasteiger partial charge is 0.409 e. The number of carbonyl (C=O) groups is 1. The monoisotopic (exact) mass is 354 g/mol. The average Bonchev–Trinajstić information content (AvgIpc) is 2.97. The molecule has 2 aromatic carbocycles. The molecular weight excluding hydrogens is 328 g/mol. The van der Waals surface area contributed by atoms with Gasteiger partial charge in [-0.05, 0) is 36.3 Å². The zero-order chi connectivity index (χ0) is 18.5. The Balaban J connectivity index is 1.71. The normalized spacial score (nSPS) is 12.8. The second-order valence-electron chi connectivity index (χ2n) is 6.82. The molecule has 1 N–H and O–H groups in total. The molecule has 26 heavy (non-hydrogen) atoms. The number of ether oxygens (including phenoxy) is 1. The molecule has 0 saturated heterocycles. The van der Waals surface area contributed by atoms with Gasteiger partial charge in [0.2, 0.25) is 0 Å². The van der Waals surface area contributed by atoms with E-state index in [0.29, 0.717) is 13.2 Å². The van der Waals surface area contributed by atoms with Crippen molar-refractivity contribution in [2.24, 2.45) is 0 Å². The number of amides is 1. The molecule has 0 unspecified atom stereocenters. The molecule has 0 atom stereocenters. The molecule has 1 aliphatic carbocycles. The van der Waals surface area contributed by atoms with Crippen molar-refractivity contribution in [3.8, 4) is 11.1 Å². The molecular formula is C21H26N2O3. The SMILES string of the molecule is CN(C)CCN(CCO)C(=O)OCC1c2ccccc2-c2ccccc21. The maximum absolute atomic E-state index is 12.5. The summed E-state index contributed by atoms with van der Waals surface area (Å²) in [6.07, 6.45) is -0.372. The van der Waals surface area contributed by atoms with Crippen LogP contribution in [0.2, 0.25) is 0 Å². The predicted octanol–water partition coefficient (Wildman–Crippen LogP) is 2.79. The third-order valence-corrected chi connectivity index (χ3v) is 4.78. The lowest BCUT2D eigenvalue weighted by molar-refractivity contribution is 0.0892. The summed E-state index contributed by atoms with van der Waals surface area (Å²) < 4.78 is 5.64. The summed E-state index contributed by atoms with van der Waals surface area (Å²) in [5.41, 5.74) is 4.82. The number of hydrogen-bond donors (Lipinski definition) is 1. The Bertz CT molecular complexity index is 715. The fraction of sp³-hybridized carbons (Fsp3) is 0.381. The number of aliphatic hydroxyl groups is 1. The van der Waals surface area contributed by atoms with Gasteiger partial charge in [0.25, 0.3) is 0 Å². The summed E-state index contributed by atoms with van der Waals surface area (Å²) >= 11 is 0. The molecule has 0 heterocycles. The first-order valence-electron chi connectivity index (χ1n) is 8.97. The second-order valence-corrected chi connectivity index (χ2v) is 6.82. The Hall–Kier alpha value is -2.37. The van der Waals surface area contributed by atoms with Gasteiger partial charge >= 0.3 is 6.09 Å². The molecule has 5 nitrogen and oxygen atoms in total. The number of hydrogen-bond acceptors (Lipinski definition) is 4. The van der Waals surface area contributed by atoms with Crippen LogP contribution in [-0.2, 0) is 4.74 Å². The summed E-state index contributed by atoms with van der Waals surface area (Å²) in [5, 5.41) is 9.23. The van der Waals surface area contributed by atoms with Crippen molar-refractivity contribution in [1.82, 2.24) is 9.80 Å². The number of nitrogens with zero attached hydrogens (tertiary/aromatic N) is 2. The summed E-state index contributed by atoms with van der Waals surface area (Å²) in [4.78, 5) is 16.1. The van der Waals surface area contributed by atoms with Crippen molar-refractivity contribution >= 4 is 6.09 Å². The van der Waals surface area contributed by atoms with Crippen molar-refractivity contribution < 1.29 is 14.6 Å². The van der Waals surface area contributed by atoms with Gasteiger partial charge in [0.1, 0.15) is 6.61 Å². The van der Waals surface area contributed by atoms with E-state index in [1.54, 1.807) is 4.90 Å². The van der Waals surface area contributed by atoms with Gasteiger partial charge in [-0.25, -0.2) is 4.79 Å². The van der Waals surface area contributed by atoms with E-state index in [4.69, 9.17) is 4.74 Å². The van der Waals surface area contributed by atoms with E-state index in [-0.39, 0.29) is 25.2 Å². The Labute approximate surface area is 154 Å². The highest BCUT2D eigenvalue weighted by atomic mass is 16.6. The molecule has 5 heteroatoms. The highest BCUT2D eigenvalue weighted by molar-refractivity contribution is 5.79. The molecule has 0 bridgehead atoms. The third kappa shape index (κ3) is 3.89. The van der Waals surface area contributed by atoms with Crippen LogP contribution in [0, 0.1) is 0 Å². The second kappa shape index (κ2) is 8.34. The first-order chi connectivity index (χ1) is 12.6. The van der Waals surface area contributed by atoms with Crippen LogP contribution >= 0.6 is 0 Å². The maximum atomic E-state index is 12.5. The van der Waals surface area contributed by atoms with Gasteiger partial charge in [-0.3, -0.25) is 0 Å². The standard InChI is InChI=1S/C21H26N2O3/c1-22(2)11-12-23(13-14-24)21(25)26-15-20-18-9-5-3-7-16(18)17-8-4-6-10-19(17)20/h3-10,20,24H,11-15H2,1-2H3. The number of carbonyl (C=O) groups excluding carboxylic acids is 1. The van der Waals surface area contributed by atoms with Crippen LogP contribution < -0.4 is 0 Å². The van der Waals surface area contributed by atoms with Gasteiger partial charge in [0, 0.05) is 25.6 Å². The van der Waals surface area contributed by atoms with Crippen LogP contribution in [0.25, 0.3) is 11.1 Å². The molecule has 0 spiro atoms. The molecule has 3 rings (SSSR count). The predicted molar refractivity (Wildman–Crippen MR) is 102 cm³/mol. The number of rotatable bonds is 7. The Kier molecular flexibility index (Phi) is 5.91. The van der Waals surface area contributed by atoms with Crippen LogP contribution in [0.4, 0.5) is 4.79 Å². The van der Waals surface area contributed by atoms with Crippen molar-refractivity contribution in [2.75, 3.05) is 46.9 Å². The highest BCUT2D eigenvalue weighted by Crippen LogP contribution is 2.44. The minimum absolute atomic E-state index is 0.0520. The largest absolute Gasteiger partial charge is 0.448 e. The van der Waals surface area contributed by atoms with Gasteiger partial charge in [0.05, 0.1) is 6.61 Å². The number of likely N-dealkylation sites (N-methyl/N-ethyl adjacent to an activating group) is 1. The van der Waals surface area contributed by atoms with Crippen LogP contribution in [0.15, 0.2) is 48.5 Å². The minimum Gasteiger partial charge on any atom is -0.448 e. The summed E-state index contributed by atoms with van der Waals surface area (Å²) in [5.74, 6) is 0.0520. The first kappa shape index (κ1) is 18.4. The molecule has 138 valence electrons. The lowest BCUT2D eigenvalue weighted by Crippen LogP contribution is -2.39. The van der Waals surface area contributed by atoms with Crippen molar-refractivity contribution in [1.29, 1.82) is 0 Å². The Morgan fingerprint density at radius 2 is 1.54 bits per heavy atom. The number of benzene rings is 2. The molecule has 0 radical (unpaired) electrons. The first-order valence-corrected chi connectivity index (χ1v) is 8.97. The molecule has 2 aromatic rings. The molecule has 1 amide bonds. The van der Waals surface area contributed by atoms with Crippen LogP contribution in [0.3, 0.4) is 0 Å². The van der Waals surface area contributed by atoms with Crippen LogP contribution in [0.1, 0.15) is 17.0 Å². The average molecular weight is 354 g/mol. The Morgan fingerprint density at radius 1 is 0.962 bits per heavy atom. The van der Waals surface area contributed by atoms with Crippen molar-refractivity contribution in [3.63, 3.8) is 0 Å². The molecule has 0 aliphatic heterocycles. The van der Waals surface area contributed by atoms with Crippen molar-refractivity contribution in [2.45, 2.75) is 5.92 Å². The van der Waals surface area contributed by atoms with Gasteiger partial charge in [-0.2, -0.15) is 0 Å². The van der Waals surface area contributed by atoms with E-state index < -0.39 is 0 Å². The highest BCUT2D eigenvalue weighted by Gasteiger charge is 2.29. The molecule has 0 saturated carbocycles. The fourth-order valence-corrected chi connectivity index (χ4v) is 3.42. The van der Waals surface area contributed by atoms with Crippen LogP contribution in [-0.4, -0.2) is 67.9 Å². The van der Waals surface area contributed by atoms with Gasteiger partial charge in [-0.1, -0.05) is 48.5 Å². The zero-order valence-electron chi connectivity index (χ0n) is 15.4. The fourth-order valence-electron chi connectivity index (χ4n) is 3.42. The van der Waals surface area contributed by atoms with E-state index in [0.717, 1.165) is 6.54 Å². The Morgan fingerprint density at radius 3 is 2.08 bits per heavy atom. The van der Waals surface area contributed by atoms with Gasteiger partial charge in [-0.15, -0.1) is 0 Å². The van der Waals surface area contributed by atoms with E-state index in [2.05, 4.69) is 24.3 Å². The third-order valence-electron chi connectivity index (χ3n) is 4.78. The van der Waals surface area contributed by atoms with Crippen LogP contribution in [0.5, 0.6) is 0 Å². The van der Waals surface area contributed by atoms with E-state index in [9.17, 15) is 9.90 Å². The molecule has 0 fully saturated rings. The lowest BCUT2D eigenvalue weighted by atomic mass is 9.98. The van der Waals surface area contributed by atoms with Gasteiger partial charge < -0.3 is 19.6 Å². The number of aliphatic hydroxyl groups excluding tert-OH is 1. The van der Waals surface area contributed by atoms with Gasteiger partial charge in [0.15, 0.2) is 0 Å². The zero-order valence-corrected chi connectivity index (χ0v) is 15.4. The van der Waals surface area contributed by atoms with E-state index in [1.807, 2.05) is 43.3 Å².